The summed E-state index contributed by atoms with van der Waals surface area (Å²) >= 11 is 0. The Hall–Kier alpha value is -1.28. The Morgan fingerprint density at radius 2 is 1.86 bits per heavy atom. The Morgan fingerprint density at radius 3 is 2.29 bits per heavy atom. The molecular formula is C12H19N2+. The zero-order valence-corrected chi connectivity index (χ0v) is 9.20. The molecule has 1 aromatic rings. The van der Waals surface area contributed by atoms with Crippen molar-refractivity contribution in [3.63, 3.8) is 0 Å². The molecule has 0 aromatic heterocycles. The van der Waals surface area contributed by atoms with Gasteiger partial charge in [-0.25, -0.2) is 0 Å². The topological polar surface area (TPSA) is 26.0 Å². The maximum Gasteiger partial charge on any atom is 0.137 e. The second-order valence-corrected chi connectivity index (χ2v) is 3.66. The molecule has 2 heteroatoms. The molecule has 1 aromatic carbocycles. The molecule has 0 radical (unpaired) electrons. The zero-order valence-electron chi connectivity index (χ0n) is 9.20. The molecule has 0 aliphatic carbocycles. The first-order chi connectivity index (χ1) is 6.62. The Bertz CT molecular complexity index is 314. The maximum atomic E-state index is 5.66. The molecule has 76 valence electrons. The first kappa shape index (κ1) is 10.8. The SMILES string of the molecule is C/C=C\[N+](C)(CC)c1ccc(N)cc1. The summed E-state index contributed by atoms with van der Waals surface area (Å²) in [6, 6.07) is 8.06. The van der Waals surface area contributed by atoms with E-state index in [1.54, 1.807) is 0 Å². The normalized spacial score (nSPS) is 15.6. The second kappa shape index (κ2) is 4.29. The summed E-state index contributed by atoms with van der Waals surface area (Å²) in [4.78, 5) is 0. The van der Waals surface area contributed by atoms with Crippen LogP contribution in [0.4, 0.5) is 11.4 Å². The van der Waals surface area contributed by atoms with Gasteiger partial charge in [-0.3, -0.25) is 4.48 Å². The van der Waals surface area contributed by atoms with Crippen LogP contribution in [0.5, 0.6) is 0 Å². The van der Waals surface area contributed by atoms with Gasteiger partial charge in [0.15, 0.2) is 0 Å². The third-order valence-electron chi connectivity index (χ3n) is 2.62. The third-order valence-corrected chi connectivity index (χ3v) is 2.62. The number of nitrogens with two attached hydrogens (primary N) is 1. The highest BCUT2D eigenvalue weighted by molar-refractivity contribution is 5.51. The van der Waals surface area contributed by atoms with Crippen LogP contribution >= 0.6 is 0 Å². The van der Waals surface area contributed by atoms with Gasteiger partial charge in [-0.05, 0) is 32.1 Å². The number of hydrogen-bond donors (Lipinski definition) is 1. The largest absolute Gasteiger partial charge is 0.399 e. The zero-order chi connectivity index (χ0) is 10.6. The van der Waals surface area contributed by atoms with E-state index >= 15 is 0 Å². The van der Waals surface area contributed by atoms with E-state index in [1.807, 2.05) is 19.1 Å². The lowest BCUT2D eigenvalue weighted by molar-refractivity contribution is 0.467. The van der Waals surface area contributed by atoms with Crippen LogP contribution in [0.1, 0.15) is 13.8 Å². The number of nitrogens with zero attached hydrogens (tertiary/aromatic N) is 1. The minimum atomic E-state index is 0.816. The van der Waals surface area contributed by atoms with E-state index in [0.29, 0.717) is 0 Å². The number of rotatable bonds is 3. The molecule has 14 heavy (non-hydrogen) atoms. The van der Waals surface area contributed by atoms with Crippen LogP contribution in [0.15, 0.2) is 36.5 Å². The molecule has 1 unspecified atom stereocenters. The summed E-state index contributed by atoms with van der Waals surface area (Å²) in [5, 5.41) is 0. The van der Waals surface area contributed by atoms with E-state index < -0.39 is 0 Å². The van der Waals surface area contributed by atoms with Gasteiger partial charge in [0.2, 0.25) is 0 Å². The molecular weight excluding hydrogens is 172 g/mol. The van der Waals surface area contributed by atoms with E-state index in [0.717, 1.165) is 16.7 Å². The fourth-order valence-electron chi connectivity index (χ4n) is 1.52. The Balaban J connectivity index is 3.06. The van der Waals surface area contributed by atoms with Crippen LogP contribution in [0, 0.1) is 0 Å². The fraction of sp³-hybridized carbons (Fsp3) is 0.333. The molecule has 0 saturated heterocycles. The maximum absolute atomic E-state index is 5.66. The quantitative estimate of drug-likeness (QED) is 0.577. The van der Waals surface area contributed by atoms with Crippen molar-refractivity contribution in [1.82, 2.24) is 4.48 Å². The van der Waals surface area contributed by atoms with Gasteiger partial charge < -0.3 is 5.73 Å². The highest BCUT2D eigenvalue weighted by atomic mass is 15.3. The molecule has 1 rings (SSSR count). The average Bonchev–Trinajstić information content (AvgIpc) is 2.19. The molecule has 0 spiro atoms. The van der Waals surface area contributed by atoms with E-state index in [2.05, 4.69) is 38.4 Å². The summed E-state index contributed by atoms with van der Waals surface area (Å²) in [5.74, 6) is 0. The van der Waals surface area contributed by atoms with Crippen molar-refractivity contribution < 1.29 is 0 Å². The Morgan fingerprint density at radius 1 is 1.29 bits per heavy atom. The van der Waals surface area contributed by atoms with Gasteiger partial charge in [0.25, 0.3) is 0 Å². The molecule has 0 aliphatic rings. The molecule has 0 heterocycles. The standard InChI is InChI=1S/C12H19N2/c1-4-10-14(3,5-2)12-8-6-11(13)7-9-12/h4,6-10H,5,13H2,1-3H3/q+1/b10-4-. The first-order valence-electron chi connectivity index (χ1n) is 4.97. The molecule has 0 saturated carbocycles. The summed E-state index contributed by atoms with van der Waals surface area (Å²) in [7, 11) is 2.19. The van der Waals surface area contributed by atoms with E-state index in [9.17, 15) is 0 Å². The van der Waals surface area contributed by atoms with Crippen LogP contribution in [-0.2, 0) is 0 Å². The predicted octanol–water partition coefficient (Wildman–Crippen LogP) is 2.76. The highest BCUT2D eigenvalue weighted by Gasteiger charge is 2.18. The van der Waals surface area contributed by atoms with Gasteiger partial charge in [-0.2, -0.15) is 0 Å². The number of nitrogen functional groups attached to an aromatic ring is 1. The van der Waals surface area contributed by atoms with Gasteiger partial charge in [0.05, 0.1) is 19.8 Å². The van der Waals surface area contributed by atoms with Gasteiger partial charge in [0.1, 0.15) is 5.69 Å². The summed E-state index contributed by atoms with van der Waals surface area (Å²) in [5.41, 5.74) is 7.74. The van der Waals surface area contributed by atoms with Crippen molar-refractivity contribution in [3.8, 4) is 0 Å². The van der Waals surface area contributed by atoms with Crippen LogP contribution in [0.3, 0.4) is 0 Å². The molecule has 0 bridgehead atoms. The number of benzene rings is 1. The van der Waals surface area contributed by atoms with Crippen LogP contribution in [-0.4, -0.2) is 13.6 Å². The van der Waals surface area contributed by atoms with Crippen LogP contribution in [0.25, 0.3) is 0 Å². The van der Waals surface area contributed by atoms with Crippen molar-refractivity contribution in [3.05, 3.63) is 36.5 Å². The molecule has 2 N–H and O–H groups in total. The number of allylic oxidation sites excluding steroid dienone is 1. The van der Waals surface area contributed by atoms with Gasteiger partial charge in [-0.1, -0.05) is 0 Å². The minimum absolute atomic E-state index is 0.816. The van der Waals surface area contributed by atoms with Crippen molar-refractivity contribution in [1.29, 1.82) is 0 Å². The summed E-state index contributed by atoms with van der Waals surface area (Å²) in [6.45, 7) is 5.26. The second-order valence-electron chi connectivity index (χ2n) is 3.66. The highest BCUT2D eigenvalue weighted by Crippen LogP contribution is 2.22. The van der Waals surface area contributed by atoms with Crippen LogP contribution < -0.4 is 10.2 Å². The van der Waals surface area contributed by atoms with Gasteiger partial charge >= 0.3 is 0 Å². The number of anilines is 1. The predicted molar refractivity (Wildman–Crippen MR) is 63.9 cm³/mol. The third kappa shape index (κ3) is 2.15. The van der Waals surface area contributed by atoms with Gasteiger partial charge in [-0.15, -0.1) is 0 Å². The molecule has 0 amide bonds. The van der Waals surface area contributed by atoms with E-state index in [4.69, 9.17) is 5.73 Å². The Labute approximate surface area is 86.2 Å². The average molecular weight is 191 g/mol. The number of hydrogen-bond acceptors (Lipinski definition) is 1. The molecule has 0 fully saturated rings. The summed E-state index contributed by atoms with van der Waals surface area (Å²) < 4.78 is 0.816. The minimum Gasteiger partial charge on any atom is -0.399 e. The molecule has 1 atom stereocenters. The van der Waals surface area contributed by atoms with E-state index in [-0.39, 0.29) is 0 Å². The fourth-order valence-corrected chi connectivity index (χ4v) is 1.52. The molecule has 0 aliphatic heterocycles. The van der Waals surface area contributed by atoms with E-state index in [1.165, 1.54) is 5.69 Å². The smallest absolute Gasteiger partial charge is 0.137 e. The summed E-state index contributed by atoms with van der Waals surface area (Å²) in [6.07, 6.45) is 4.27. The van der Waals surface area contributed by atoms with Crippen LogP contribution in [0.2, 0.25) is 0 Å². The lowest BCUT2D eigenvalue weighted by Gasteiger charge is -2.28. The van der Waals surface area contributed by atoms with Crippen molar-refractivity contribution in [2.75, 3.05) is 19.3 Å². The van der Waals surface area contributed by atoms with Crippen molar-refractivity contribution in [2.24, 2.45) is 0 Å². The first-order valence-corrected chi connectivity index (χ1v) is 4.97. The van der Waals surface area contributed by atoms with Crippen molar-refractivity contribution >= 4 is 11.4 Å². The van der Waals surface area contributed by atoms with Gasteiger partial charge in [0, 0.05) is 17.8 Å². The molecule has 2 nitrogen and oxygen atoms in total. The lowest BCUT2D eigenvalue weighted by atomic mass is 10.2. The number of quaternary nitrogens is 1. The Kier molecular flexibility index (Phi) is 3.31. The lowest BCUT2D eigenvalue weighted by Crippen LogP contribution is -2.38. The van der Waals surface area contributed by atoms with Crippen molar-refractivity contribution in [2.45, 2.75) is 13.8 Å². The monoisotopic (exact) mass is 191 g/mol.